The van der Waals surface area contributed by atoms with Crippen molar-refractivity contribution in [2.24, 2.45) is 0 Å². The van der Waals surface area contributed by atoms with Gasteiger partial charge in [0, 0.05) is 17.7 Å². The summed E-state index contributed by atoms with van der Waals surface area (Å²) in [6.07, 6.45) is 2.29. The molecular formula is C12H12N2O2. The van der Waals surface area contributed by atoms with E-state index in [4.69, 9.17) is 0 Å². The zero-order chi connectivity index (χ0) is 11.2. The quantitative estimate of drug-likeness (QED) is 0.612. The highest BCUT2D eigenvalue weighted by molar-refractivity contribution is 5.61. The van der Waals surface area contributed by atoms with Crippen LogP contribution in [0.15, 0.2) is 36.7 Å². The number of aromatic nitrogens is 2. The summed E-state index contributed by atoms with van der Waals surface area (Å²) >= 11 is 0. The number of carbonyl (C=O) groups excluding carboxylic acids is 1. The Morgan fingerprint density at radius 2 is 2.12 bits per heavy atom. The Hall–Kier alpha value is -2.10. The summed E-state index contributed by atoms with van der Waals surface area (Å²) in [5, 5.41) is 0. The first-order valence-corrected chi connectivity index (χ1v) is 5.04. The Labute approximate surface area is 93.3 Å². The van der Waals surface area contributed by atoms with Crippen LogP contribution in [-0.4, -0.2) is 23.0 Å². The van der Waals surface area contributed by atoms with Crippen molar-refractivity contribution in [2.75, 3.05) is 6.61 Å². The van der Waals surface area contributed by atoms with Gasteiger partial charge in [0.25, 0.3) is 6.47 Å². The maximum absolute atomic E-state index is 10.0. The van der Waals surface area contributed by atoms with E-state index in [1.165, 1.54) is 0 Å². The number of carbonyl (C=O) groups is 1. The van der Waals surface area contributed by atoms with Crippen LogP contribution in [0.4, 0.5) is 0 Å². The number of H-pyrrole nitrogens is 1. The molecule has 0 aliphatic heterocycles. The Morgan fingerprint density at radius 1 is 1.31 bits per heavy atom. The maximum atomic E-state index is 10.0. The second-order valence-corrected chi connectivity index (χ2v) is 3.31. The van der Waals surface area contributed by atoms with E-state index < -0.39 is 0 Å². The lowest BCUT2D eigenvalue weighted by Gasteiger charge is -2.02. The predicted octanol–water partition coefficient (Wildman–Crippen LogP) is 1.79. The first kappa shape index (κ1) is 10.4. The Bertz CT molecular complexity index is 451. The number of hydrogen-bond donors (Lipinski definition) is 1. The molecule has 16 heavy (non-hydrogen) atoms. The van der Waals surface area contributed by atoms with Crippen molar-refractivity contribution in [1.82, 2.24) is 9.97 Å². The second kappa shape index (κ2) is 5.11. The number of nitrogens with one attached hydrogen (secondary N) is 1. The molecule has 0 aliphatic rings. The predicted molar refractivity (Wildman–Crippen MR) is 59.7 cm³/mol. The van der Waals surface area contributed by atoms with Gasteiger partial charge in [-0.1, -0.05) is 30.3 Å². The topological polar surface area (TPSA) is 55.0 Å². The van der Waals surface area contributed by atoms with E-state index in [-0.39, 0.29) is 0 Å². The lowest BCUT2D eigenvalue weighted by atomic mass is 10.1. The average molecular weight is 216 g/mol. The summed E-state index contributed by atoms with van der Waals surface area (Å²) in [4.78, 5) is 17.4. The van der Waals surface area contributed by atoms with Crippen LogP contribution in [0.3, 0.4) is 0 Å². The van der Waals surface area contributed by atoms with Crippen molar-refractivity contribution in [1.29, 1.82) is 0 Å². The summed E-state index contributed by atoms with van der Waals surface area (Å²) in [5.74, 6) is 0. The van der Waals surface area contributed by atoms with Crippen molar-refractivity contribution in [3.8, 4) is 11.3 Å². The largest absolute Gasteiger partial charge is 0.467 e. The number of benzene rings is 1. The highest BCUT2D eigenvalue weighted by Gasteiger charge is 2.07. The molecule has 0 bridgehead atoms. The van der Waals surface area contributed by atoms with Crippen LogP contribution in [0.1, 0.15) is 5.69 Å². The molecule has 2 rings (SSSR count). The van der Waals surface area contributed by atoms with E-state index >= 15 is 0 Å². The molecule has 1 N–H and O–H groups in total. The van der Waals surface area contributed by atoms with Gasteiger partial charge < -0.3 is 9.72 Å². The number of nitrogens with zero attached hydrogens (tertiary/aromatic N) is 1. The molecule has 0 fully saturated rings. The molecular weight excluding hydrogens is 204 g/mol. The van der Waals surface area contributed by atoms with Crippen molar-refractivity contribution in [3.05, 3.63) is 42.4 Å². The van der Waals surface area contributed by atoms with Gasteiger partial charge in [-0.15, -0.1) is 0 Å². The molecule has 1 aromatic heterocycles. The van der Waals surface area contributed by atoms with Gasteiger partial charge in [0.2, 0.25) is 0 Å². The van der Waals surface area contributed by atoms with Crippen LogP contribution in [0.25, 0.3) is 11.3 Å². The summed E-state index contributed by atoms with van der Waals surface area (Å²) in [7, 11) is 0. The number of ether oxygens (including phenoxy) is 1. The molecule has 0 unspecified atom stereocenters. The van der Waals surface area contributed by atoms with E-state index in [1.54, 1.807) is 6.33 Å². The zero-order valence-corrected chi connectivity index (χ0v) is 8.72. The molecule has 0 saturated carbocycles. The molecule has 4 heteroatoms. The van der Waals surface area contributed by atoms with Crippen LogP contribution >= 0.6 is 0 Å². The number of hydrogen-bond acceptors (Lipinski definition) is 3. The molecule has 2 aromatic rings. The van der Waals surface area contributed by atoms with Crippen LogP contribution in [0.2, 0.25) is 0 Å². The van der Waals surface area contributed by atoms with E-state index in [0.29, 0.717) is 19.5 Å². The summed E-state index contributed by atoms with van der Waals surface area (Å²) in [6, 6.07) is 9.90. The monoisotopic (exact) mass is 216 g/mol. The van der Waals surface area contributed by atoms with Crippen molar-refractivity contribution >= 4 is 6.47 Å². The molecule has 0 amide bonds. The zero-order valence-electron chi connectivity index (χ0n) is 8.72. The van der Waals surface area contributed by atoms with Crippen molar-refractivity contribution in [3.63, 3.8) is 0 Å². The number of aromatic amines is 1. The standard InChI is InChI=1S/C12H12N2O2/c15-9-16-7-6-11-12(14-8-13-11)10-4-2-1-3-5-10/h1-5,8-9H,6-7H2,(H,13,14). The van der Waals surface area contributed by atoms with Crippen molar-refractivity contribution in [2.45, 2.75) is 6.42 Å². The van der Waals surface area contributed by atoms with E-state index in [9.17, 15) is 4.79 Å². The van der Waals surface area contributed by atoms with Crippen LogP contribution in [0.5, 0.6) is 0 Å². The Morgan fingerprint density at radius 3 is 2.88 bits per heavy atom. The van der Waals surface area contributed by atoms with E-state index in [2.05, 4.69) is 14.7 Å². The van der Waals surface area contributed by atoms with Gasteiger partial charge >= 0.3 is 0 Å². The normalized spacial score (nSPS) is 10.0. The molecule has 0 saturated heterocycles. The van der Waals surface area contributed by atoms with Gasteiger partial charge in [0.1, 0.15) is 0 Å². The van der Waals surface area contributed by atoms with Gasteiger partial charge in [-0.25, -0.2) is 4.98 Å². The fraction of sp³-hybridized carbons (Fsp3) is 0.167. The first-order valence-electron chi connectivity index (χ1n) is 5.04. The minimum atomic E-state index is 0.367. The van der Waals surface area contributed by atoms with Gasteiger partial charge in [-0.3, -0.25) is 4.79 Å². The summed E-state index contributed by atoms with van der Waals surface area (Å²) < 4.78 is 4.67. The molecule has 82 valence electrons. The maximum Gasteiger partial charge on any atom is 0.293 e. The minimum absolute atomic E-state index is 0.367. The number of imidazole rings is 1. The molecule has 1 heterocycles. The Kier molecular flexibility index (Phi) is 3.33. The number of rotatable bonds is 5. The lowest BCUT2D eigenvalue weighted by Crippen LogP contribution is -1.98. The van der Waals surface area contributed by atoms with Gasteiger partial charge in [-0.05, 0) is 0 Å². The Balaban J connectivity index is 2.16. The molecule has 0 spiro atoms. The van der Waals surface area contributed by atoms with E-state index in [0.717, 1.165) is 17.0 Å². The van der Waals surface area contributed by atoms with Crippen LogP contribution in [-0.2, 0) is 16.0 Å². The lowest BCUT2D eigenvalue weighted by molar-refractivity contribution is -0.128. The fourth-order valence-electron chi connectivity index (χ4n) is 1.57. The SMILES string of the molecule is O=COCCc1[nH]cnc1-c1ccccc1. The average Bonchev–Trinajstić information content (AvgIpc) is 2.79. The van der Waals surface area contributed by atoms with Gasteiger partial charge in [0.05, 0.1) is 18.6 Å². The molecule has 0 atom stereocenters. The second-order valence-electron chi connectivity index (χ2n) is 3.31. The third-order valence-electron chi connectivity index (χ3n) is 2.30. The highest BCUT2D eigenvalue weighted by atomic mass is 16.5. The minimum Gasteiger partial charge on any atom is -0.467 e. The van der Waals surface area contributed by atoms with E-state index in [1.807, 2.05) is 30.3 Å². The smallest absolute Gasteiger partial charge is 0.293 e. The molecule has 0 aliphatic carbocycles. The van der Waals surface area contributed by atoms with Gasteiger partial charge in [-0.2, -0.15) is 0 Å². The highest BCUT2D eigenvalue weighted by Crippen LogP contribution is 2.19. The third-order valence-corrected chi connectivity index (χ3v) is 2.30. The molecule has 4 nitrogen and oxygen atoms in total. The van der Waals surface area contributed by atoms with Crippen molar-refractivity contribution < 1.29 is 9.53 Å². The van der Waals surface area contributed by atoms with Crippen LogP contribution < -0.4 is 0 Å². The van der Waals surface area contributed by atoms with Gasteiger partial charge in [0.15, 0.2) is 0 Å². The molecule has 1 aromatic carbocycles. The van der Waals surface area contributed by atoms with Crippen LogP contribution in [0, 0.1) is 0 Å². The summed E-state index contributed by atoms with van der Waals surface area (Å²) in [5.41, 5.74) is 2.95. The molecule has 0 radical (unpaired) electrons. The first-order chi connectivity index (χ1) is 7.92. The third kappa shape index (κ3) is 2.28. The fourth-order valence-corrected chi connectivity index (χ4v) is 1.57. The summed E-state index contributed by atoms with van der Waals surface area (Å²) in [6.45, 7) is 0.823.